The van der Waals surface area contributed by atoms with Crippen LogP contribution in [0, 0.1) is 16.2 Å². The summed E-state index contributed by atoms with van der Waals surface area (Å²) in [7, 11) is 4.51. The van der Waals surface area contributed by atoms with E-state index in [2.05, 4.69) is 6.58 Å². The number of rotatable bonds is 10. The van der Waals surface area contributed by atoms with Gasteiger partial charge in [-0.3, -0.25) is 20.5 Å². The summed E-state index contributed by atoms with van der Waals surface area (Å²) >= 11 is 6.39. The van der Waals surface area contributed by atoms with Crippen molar-refractivity contribution in [3.8, 4) is 0 Å². The molecule has 2 unspecified atom stereocenters. The number of methoxy groups -OCH3 is 3. The first kappa shape index (κ1) is 29.1. The van der Waals surface area contributed by atoms with Gasteiger partial charge in [-0.2, -0.15) is 0 Å². The van der Waals surface area contributed by atoms with E-state index in [9.17, 15) is 9.90 Å². The zero-order chi connectivity index (χ0) is 27.2. The van der Waals surface area contributed by atoms with Crippen molar-refractivity contribution in [2.45, 2.75) is 39.4 Å². The monoisotopic (exact) mass is 519 g/mol. The quantitative estimate of drug-likeness (QED) is 0.165. The Morgan fingerprint density at radius 2 is 1.97 bits per heavy atom. The number of nitrogens with one attached hydrogen (secondary N) is 2. The van der Waals surface area contributed by atoms with Gasteiger partial charge in [0.1, 0.15) is 23.9 Å². The minimum atomic E-state index is -1.21. The van der Waals surface area contributed by atoms with Crippen molar-refractivity contribution in [2.75, 3.05) is 32.8 Å². The summed E-state index contributed by atoms with van der Waals surface area (Å²) in [5, 5.41) is 28.0. The minimum absolute atomic E-state index is 0.0414. The number of carbonyl (C=O) groups is 1. The fourth-order valence-electron chi connectivity index (χ4n) is 4.05. The second-order valence-electron chi connectivity index (χ2n) is 8.74. The normalized spacial score (nSPS) is 19.1. The SMILES string of the molecule is C=C/C(=C(OC)\C(=C/C)OC)C1OC(CC(=O)O)C(=N)N(C(=N)C(C)(C)COC)c2ccc(Cl)cc21. The molecule has 1 aliphatic rings. The second kappa shape index (κ2) is 12.2. The molecule has 0 bridgehead atoms. The van der Waals surface area contributed by atoms with Gasteiger partial charge in [0.05, 0.1) is 32.9 Å². The van der Waals surface area contributed by atoms with E-state index in [0.29, 0.717) is 33.4 Å². The lowest BCUT2D eigenvalue weighted by Gasteiger charge is -2.35. The van der Waals surface area contributed by atoms with Crippen LogP contribution in [0.3, 0.4) is 0 Å². The number of hydrogen-bond donors (Lipinski definition) is 3. The van der Waals surface area contributed by atoms with E-state index in [1.54, 1.807) is 31.2 Å². The van der Waals surface area contributed by atoms with Gasteiger partial charge in [-0.25, -0.2) is 0 Å². The largest absolute Gasteiger partial charge is 0.493 e. The van der Waals surface area contributed by atoms with E-state index < -0.39 is 30.0 Å². The Morgan fingerprint density at radius 1 is 1.31 bits per heavy atom. The third-order valence-corrected chi connectivity index (χ3v) is 6.00. The third kappa shape index (κ3) is 5.98. The minimum Gasteiger partial charge on any atom is -0.493 e. The van der Waals surface area contributed by atoms with Crippen molar-refractivity contribution >= 4 is 34.9 Å². The number of allylic oxidation sites excluding steroid dienone is 1. The standard InChI is InChI=1S/C26H34ClN3O6/c1-8-16(23(35-7)19(9-2)34-6)22-17-12-15(27)10-11-18(17)30(25(29)26(3,4)14-33-5)24(28)20(36-22)13-21(31)32/h8-12,20,22,28-29H,1,13-14H2,2-7H3,(H,31,32)/b19-9+,23-16-,28-24?,29-25?. The highest BCUT2D eigenvalue weighted by molar-refractivity contribution is 6.31. The van der Waals surface area contributed by atoms with E-state index in [-0.39, 0.29) is 18.3 Å². The predicted octanol–water partition coefficient (Wildman–Crippen LogP) is 5.32. The van der Waals surface area contributed by atoms with E-state index in [1.165, 1.54) is 32.3 Å². The van der Waals surface area contributed by atoms with E-state index in [4.69, 9.17) is 41.4 Å². The Bertz CT molecular complexity index is 1100. The van der Waals surface area contributed by atoms with Gasteiger partial charge in [0, 0.05) is 28.7 Å². The Labute approximate surface area is 216 Å². The Morgan fingerprint density at radius 3 is 2.47 bits per heavy atom. The smallest absolute Gasteiger partial charge is 0.306 e. The lowest BCUT2D eigenvalue weighted by molar-refractivity contribution is -0.139. The number of hydrogen-bond acceptors (Lipinski definition) is 7. The zero-order valence-electron chi connectivity index (χ0n) is 21.5. The number of carboxylic acid groups (broad SMARTS) is 1. The van der Waals surface area contributed by atoms with E-state index in [1.807, 2.05) is 13.8 Å². The third-order valence-electron chi connectivity index (χ3n) is 5.76. The number of aliphatic carboxylic acids is 1. The van der Waals surface area contributed by atoms with Gasteiger partial charge in [-0.1, -0.05) is 38.1 Å². The molecule has 0 saturated carbocycles. The molecule has 0 spiro atoms. The van der Waals surface area contributed by atoms with Gasteiger partial charge in [0.15, 0.2) is 11.5 Å². The summed E-state index contributed by atoms with van der Waals surface area (Å²) in [5.74, 6) is -0.566. The highest BCUT2D eigenvalue weighted by atomic mass is 35.5. The zero-order valence-corrected chi connectivity index (χ0v) is 22.2. The molecule has 1 aromatic carbocycles. The van der Waals surface area contributed by atoms with Crippen LogP contribution < -0.4 is 4.90 Å². The van der Waals surface area contributed by atoms with Gasteiger partial charge in [-0.05, 0) is 31.2 Å². The number of ether oxygens (including phenoxy) is 4. The van der Waals surface area contributed by atoms with Crippen molar-refractivity contribution in [2.24, 2.45) is 5.41 Å². The number of halogens is 1. The number of nitrogens with zero attached hydrogens (tertiary/aromatic N) is 1. The molecule has 2 rings (SSSR count). The number of anilines is 1. The summed E-state index contributed by atoms with van der Waals surface area (Å²) < 4.78 is 22.8. The second-order valence-corrected chi connectivity index (χ2v) is 9.18. The first-order valence-electron chi connectivity index (χ1n) is 11.2. The molecule has 1 heterocycles. The molecule has 10 heteroatoms. The molecule has 0 aliphatic carbocycles. The van der Waals surface area contributed by atoms with Crippen molar-refractivity contribution in [1.29, 1.82) is 10.8 Å². The molecule has 1 aromatic rings. The van der Waals surface area contributed by atoms with Crippen molar-refractivity contribution in [1.82, 2.24) is 0 Å². The molecule has 0 aromatic heterocycles. The maximum atomic E-state index is 11.8. The molecule has 0 saturated heterocycles. The Hall–Kier alpha value is -3.14. The van der Waals surface area contributed by atoms with Crippen LogP contribution in [-0.2, 0) is 23.7 Å². The summed E-state index contributed by atoms with van der Waals surface area (Å²) in [6, 6.07) is 5.00. The number of carboxylic acids is 1. The molecular weight excluding hydrogens is 486 g/mol. The average molecular weight is 520 g/mol. The van der Waals surface area contributed by atoms with Crippen LogP contribution in [0.1, 0.15) is 38.9 Å². The number of benzene rings is 1. The number of amidine groups is 2. The van der Waals surface area contributed by atoms with E-state index >= 15 is 0 Å². The topological polar surface area (TPSA) is 125 Å². The maximum absolute atomic E-state index is 11.8. The molecule has 36 heavy (non-hydrogen) atoms. The van der Waals surface area contributed by atoms with Gasteiger partial charge in [0.25, 0.3) is 0 Å². The van der Waals surface area contributed by atoms with Gasteiger partial charge in [-0.15, -0.1) is 0 Å². The molecule has 196 valence electrons. The fraction of sp³-hybridized carbons (Fsp3) is 0.423. The summed E-state index contributed by atoms with van der Waals surface area (Å²) in [4.78, 5) is 13.2. The van der Waals surface area contributed by atoms with Crippen LogP contribution >= 0.6 is 11.6 Å². The van der Waals surface area contributed by atoms with Crippen molar-refractivity contribution in [3.05, 3.63) is 64.6 Å². The van der Waals surface area contributed by atoms with Crippen LogP contribution in [0.2, 0.25) is 5.02 Å². The van der Waals surface area contributed by atoms with Gasteiger partial charge >= 0.3 is 5.97 Å². The molecule has 0 radical (unpaired) electrons. The van der Waals surface area contributed by atoms with Crippen LogP contribution in [0.5, 0.6) is 0 Å². The fourth-order valence-corrected chi connectivity index (χ4v) is 4.23. The maximum Gasteiger partial charge on any atom is 0.306 e. The Kier molecular flexibility index (Phi) is 9.86. The first-order chi connectivity index (χ1) is 17.0. The van der Waals surface area contributed by atoms with Crippen molar-refractivity contribution < 1.29 is 28.8 Å². The first-order valence-corrected chi connectivity index (χ1v) is 11.6. The highest BCUT2D eigenvalue weighted by Crippen LogP contribution is 2.43. The molecule has 0 amide bonds. The summed E-state index contributed by atoms with van der Waals surface area (Å²) in [6.45, 7) is 9.54. The summed E-state index contributed by atoms with van der Waals surface area (Å²) in [5.41, 5.74) is 0.595. The predicted molar refractivity (Wildman–Crippen MR) is 140 cm³/mol. The van der Waals surface area contributed by atoms with Gasteiger partial charge < -0.3 is 24.1 Å². The molecular formula is C26H34ClN3O6. The van der Waals surface area contributed by atoms with Crippen LogP contribution in [0.25, 0.3) is 0 Å². The molecule has 2 atom stereocenters. The van der Waals surface area contributed by atoms with Crippen LogP contribution in [0.15, 0.2) is 54.0 Å². The molecule has 9 nitrogen and oxygen atoms in total. The van der Waals surface area contributed by atoms with Crippen LogP contribution in [0.4, 0.5) is 5.69 Å². The van der Waals surface area contributed by atoms with Crippen molar-refractivity contribution in [3.63, 3.8) is 0 Å². The lowest BCUT2D eigenvalue weighted by atomic mass is 9.90. The average Bonchev–Trinajstić information content (AvgIpc) is 2.93. The molecule has 0 fully saturated rings. The van der Waals surface area contributed by atoms with Gasteiger partial charge in [0.2, 0.25) is 0 Å². The lowest BCUT2D eigenvalue weighted by Crippen LogP contribution is -2.49. The van der Waals surface area contributed by atoms with E-state index in [0.717, 1.165) is 0 Å². The Balaban J connectivity index is 2.93. The highest BCUT2D eigenvalue weighted by Gasteiger charge is 2.41. The number of fused-ring (bicyclic) bond motifs is 1. The summed E-state index contributed by atoms with van der Waals surface area (Å²) in [6.07, 6.45) is 0.600. The van der Waals surface area contributed by atoms with Crippen LogP contribution in [-0.4, -0.2) is 56.8 Å². The molecule has 3 N–H and O–H groups in total. The molecule has 1 aliphatic heterocycles.